The van der Waals surface area contributed by atoms with Crippen molar-refractivity contribution in [1.82, 2.24) is 0 Å². The van der Waals surface area contributed by atoms with Crippen LogP contribution in [-0.2, 0) is 16.6 Å². The highest BCUT2D eigenvalue weighted by Gasteiger charge is 2.39. The first-order valence-corrected chi connectivity index (χ1v) is 13.5. The second-order valence-corrected chi connectivity index (χ2v) is 12.2. The summed E-state index contributed by atoms with van der Waals surface area (Å²) in [5, 5.41) is 20.3. The van der Waals surface area contributed by atoms with E-state index in [2.05, 4.69) is 71.0 Å². The van der Waals surface area contributed by atoms with E-state index in [4.69, 9.17) is 5.11 Å². The van der Waals surface area contributed by atoms with Gasteiger partial charge in [0.1, 0.15) is 0 Å². The molecule has 1 aliphatic rings. The van der Waals surface area contributed by atoms with E-state index in [1.807, 2.05) is 17.8 Å². The largest absolute Gasteiger partial charge is 0.478 e. The molecule has 3 aromatic carbocycles. The van der Waals surface area contributed by atoms with Crippen LogP contribution in [0.15, 0.2) is 71.6 Å². The molecule has 0 heterocycles. The molecular formula is C32H36O3S. The fourth-order valence-electron chi connectivity index (χ4n) is 4.93. The van der Waals surface area contributed by atoms with Crippen molar-refractivity contribution in [2.75, 3.05) is 0 Å². The van der Waals surface area contributed by atoms with Crippen molar-refractivity contribution in [3.05, 3.63) is 106 Å². The number of hydrogen-bond donors (Lipinski definition) is 2. The third-order valence-electron chi connectivity index (χ3n) is 7.39. The third kappa shape index (κ3) is 5.77. The number of benzene rings is 3. The van der Waals surface area contributed by atoms with Gasteiger partial charge in [-0.05, 0) is 76.6 Å². The van der Waals surface area contributed by atoms with Gasteiger partial charge in [0.2, 0.25) is 0 Å². The molecule has 1 atom stereocenters. The molecule has 3 nitrogen and oxygen atoms in total. The Morgan fingerprint density at radius 1 is 0.972 bits per heavy atom. The average molecular weight is 501 g/mol. The molecule has 3 aromatic rings. The number of aryl methyl sites for hydroxylation is 1. The van der Waals surface area contributed by atoms with Crippen LogP contribution in [0.1, 0.15) is 90.4 Å². The maximum Gasteiger partial charge on any atom is 0.335 e. The van der Waals surface area contributed by atoms with Gasteiger partial charge in [0.05, 0.1) is 11.7 Å². The van der Waals surface area contributed by atoms with E-state index in [1.54, 1.807) is 30.3 Å². The molecule has 0 amide bonds. The van der Waals surface area contributed by atoms with Crippen LogP contribution in [0.3, 0.4) is 0 Å². The fraction of sp³-hybridized carbons (Fsp3) is 0.344. The van der Waals surface area contributed by atoms with E-state index in [1.165, 1.54) is 27.1 Å². The lowest BCUT2D eigenvalue weighted by molar-refractivity contribution is 0.0697. The summed E-state index contributed by atoms with van der Waals surface area (Å²) >= 11 is 1.86. The lowest BCUT2D eigenvalue weighted by atomic mass is 9.63. The van der Waals surface area contributed by atoms with Crippen LogP contribution in [0.25, 0.3) is 6.08 Å². The molecule has 2 N–H and O–H groups in total. The predicted molar refractivity (Wildman–Crippen MR) is 150 cm³/mol. The second-order valence-electron chi connectivity index (χ2n) is 11.2. The Bertz CT molecular complexity index is 1270. The highest BCUT2D eigenvalue weighted by atomic mass is 32.2. The summed E-state index contributed by atoms with van der Waals surface area (Å²) < 4.78 is 0. The van der Waals surface area contributed by atoms with Gasteiger partial charge in [-0.15, -0.1) is 11.8 Å². The van der Waals surface area contributed by atoms with Gasteiger partial charge >= 0.3 is 5.97 Å². The number of hydrogen-bond acceptors (Lipinski definition) is 3. The van der Waals surface area contributed by atoms with Crippen LogP contribution in [0, 0.1) is 6.92 Å². The smallest absolute Gasteiger partial charge is 0.335 e. The third-order valence-corrected chi connectivity index (χ3v) is 8.50. The van der Waals surface area contributed by atoms with Crippen molar-refractivity contribution in [3.63, 3.8) is 0 Å². The monoisotopic (exact) mass is 500 g/mol. The molecule has 1 unspecified atom stereocenters. The van der Waals surface area contributed by atoms with Crippen molar-refractivity contribution in [2.45, 2.75) is 75.0 Å². The molecule has 0 radical (unpaired) electrons. The molecule has 0 fully saturated rings. The van der Waals surface area contributed by atoms with Gasteiger partial charge in [-0.2, -0.15) is 0 Å². The normalized spacial score (nSPS) is 17.1. The molecule has 1 aliphatic carbocycles. The first-order valence-electron chi connectivity index (χ1n) is 12.5. The van der Waals surface area contributed by atoms with E-state index >= 15 is 0 Å². The van der Waals surface area contributed by atoms with Crippen LogP contribution in [0.5, 0.6) is 0 Å². The van der Waals surface area contributed by atoms with Gasteiger partial charge in [0.15, 0.2) is 0 Å². The zero-order valence-corrected chi connectivity index (χ0v) is 22.7. The molecule has 0 saturated carbocycles. The Hall–Kier alpha value is -2.82. The predicted octanol–water partition coefficient (Wildman–Crippen LogP) is 8.08. The van der Waals surface area contributed by atoms with Crippen molar-refractivity contribution < 1.29 is 15.0 Å². The van der Waals surface area contributed by atoms with E-state index in [-0.39, 0.29) is 16.4 Å². The van der Waals surface area contributed by atoms with E-state index in [0.717, 1.165) is 29.7 Å². The number of carbonyl (C=O) groups is 1. The highest BCUT2D eigenvalue weighted by Crippen LogP contribution is 2.50. The maximum atomic E-state index is 11.2. The molecule has 0 bridgehead atoms. The van der Waals surface area contributed by atoms with Gasteiger partial charge < -0.3 is 10.2 Å². The number of fused-ring (bicyclic) bond motifs is 1. The summed E-state index contributed by atoms with van der Waals surface area (Å²) in [4.78, 5) is 12.4. The minimum absolute atomic E-state index is 0.0378. The number of carboxylic acids is 1. The molecule has 0 aromatic heterocycles. The average Bonchev–Trinajstić information content (AvgIpc) is 2.85. The van der Waals surface area contributed by atoms with Gasteiger partial charge in [0.25, 0.3) is 0 Å². The molecule has 0 spiro atoms. The Kier molecular flexibility index (Phi) is 7.49. The molecule has 4 rings (SSSR count). The second kappa shape index (κ2) is 10.3. The standard InChI is InChI=1S/C32H36O3S/c1-21-6-8-23(9-7-21)20-36-28-19-25(18-26-29(28)32(4,5)17-16-31(26,2)3)27(33)15-12-22-10-13-24(14-11-22)30(34)35/h6-15,18-19,27,33H,16-17,20H2,1-5H3,(H,34,35)/b15-12+. The Balaban J connectivity index is 1.69. The zero-order valence-electron chi connectivity index (χ0n) is 21.8. The lowest BCUT2D eigenvalue weighted by Gasteiger charge is -2.43. The van der Waals surface area contributed by atoms with Gasteiger partial charge in [-0.1, -0.05) is 87.9 Å². The molecule has 188 valence electrons. The summed E-state index contributed by atoms with van der Waals surface area (Å²) in [5.41, 5.74) is 7.42. The molecule has 0 saturated heterocycles. The van der Waals surface area contributed by atoms with Crippen molar-refractivity contribution in [2.24, 2.45) is 0 Å². The summed E-state index contributed by atoms with van der Waals surface area (Å²) in [6.07, 6.45) is 5.13. The number of thioether (sulfide) groups is 1. The topological polar surface area (TPSA) is 57.5 Å². The lowest BCUT2D eigenvalue weighted by Crippen LogP contribution is -2.34. The molecule has 0 aliphatic heterocycles. The minimum atomic E-state index is -0.944. The Morgan fingerprint density at radius 3 is 2.25 bits per heavy atom. The van der Waals surface area contributed by atoms with Crippen LogP contribution in [0.2, 0.25) is 0 Å². The van der Waals surface area contributed by atoms with Crippen molar-refractivity contribution in [3.8, 4) is 0 Å². The highest BCUT2D eigenvalue weighted by molar-refractivity contribution is 7.98. The summed E-state index contributed by atoms with van der Waals surface area (Å²) in [7, 11) is 0. The summed E-state index contributed by atoms with van der Waals surface area (Å²) in [6, 6.07) is 19.8. The van der Waals surface area contributed by atoms with Gasteiger partial charge in [-0.3, -0.25) is 0 Å². The number of aromatic carboxylic acids is 1. The van der Waals surface area contributed by atoms with Crippen LogP contribution < -0.4 is 0 Å². The zero-order chi connectivity index (χ0) is 26.1. The van der Waals surface area contributed by atoms with E-state index in [0.29, 0.717) is 0 Å². The summed E-state index contributed by atoms with van der Waals surface area (Å²) in [5.74, 6) is -0.0602. The number of carboxylic acid groups (broad SMARTS) is 1. The number of rotatable bonds is 7. The van der Waals surface area contributed by atoms with E-state index < -0.39 is 12.1 Å². The van der Waals surface area contributed by atoms with Crippen molar-refractivity contribution in [1.29, 1.82) is 0 Å². The van der Waals surface area contributed by atoms with E-state index in [9.17, 15) is 9.90 Å². The molecular weight excluding hydrogens is 464 g/mol. The first kappa shape index (κ1) is 26.2. The number of aliphatic hydroxyl groups is 1. The van der Waals surface area contributed by atoms with Crippen LogP contribution in [-0.4, -0.2) is 16.2 Å². The van der Waals surface area contributed by atoms with Crippen molar-refractivity contribution >= 4 is 23.8 Å². The molecule has 4 heteroatoms. The molecule has 36 heavy (non-hydrogen) atoms. The van der Waals surface area contributed by atoms with Gasteiger partial charge in [-0.25, -0.2) is 4.79 Å². The SMILES string of the molecule is Cc1ccc(CSc2cc(C(O)/C=C/c3ccc(C(=O)O)cc3)cc3c2C(C)(C)CCC3(C)C)cc1. The Labute approximate surface area is 219 Å². The van der Waals surface area contributed by atoms with Gasteiger partial charge in [0, 0.05) is 10.6 Å². The first-order chi connectivity index (χ1) is 17.0. The number of aliphatic hydroxyl groups excluding tert-OH is 1. The van der Waals surface area contributed by atoms with Crippen LogP contribution in [0.4, 0.5) is 0 Å². The fourth-order valence-corrected chi connectivity index (χ4v) is 6.20. The minimum Gasteiger partial charge on any atom is -0.478 e. The quantitative estimate of drug-likeness (QED) is 0.322. The maximum absolute atomic E-state index is 11.2. The Morgan fingerprint density at radius 2 is 1.61 bits per heavy atom. The summed E-state index contributed by atoms with van der Waals surface area (Å²) in [6.45, 7) is 11.4. The van der Waals surface area contributed by atoms with Crippen LogP contribution >= 0.6 is 11.8 Å².